The van der Waals surface area contributed by atoms with Gasteiger partial charge in [-0.25, -0.2) is 8.78 Å². The Morgan fingerprint density at radius 2 is 2.08 bits per heavy atom. The van der Waals surface area contributed by atoms with Gasteiger partial charge in [-0.2, -0.15) is 0 Å². The van der Waals surface area contributed by atoms with E-state index in [0.29, 0.717) is 11.3 Å². The third-order valence-corrected chi connectivity index (χ3v) is 4.11. The predicted molar refractivity (Wildman–Crippen MR) is 91.4 cm³/mol. The third-order valence-electron chi connectivity index (χ3n) is 4.11. The van der Waals surface area contributed by atoms with E-state index < -0.39 is 5.82 Å². The lowest BCUT2D eigenvalue weighted by Gasteiger charge is -2.22. The zero-order valence-electron chi connectivity index (χ0n) is 13.7. The van der Waals surface area contributed by atoms with Gasteiger partial charge >= 0.3 is 0 Å². The fourth-order valence-corrected chi connectivity index (χ4v) is 2.79. The summed E-state index contributed by atoms with van der Waals surface area (Å²) in [6.07, 6.45) is 2.85. The van der Waals surface area contributed by atoms with E-state index in [1.807, 2.05) is 0 Å². The van der Waals surface area contributed by atoms with Gasteiger partial charge in [0, 0.05) is 11.8 Å². The van der Waals surface area contributed by atoms with Crippen LogP contribution in [0.2, 0.25) is 0 Å². The minimum atomic E-state index is -0.578. The maximum atomic E-state index is 14.2. The second kappa shape index (κ2) is 8.07. The molecule has 1 amide bonds. The van der Waals surface area contributed by atoms with Gasteiger partial charge in [-0.3, -0.25) is 4.79 Å². The van der Waals surface area contributed by atoms with Crippen LogP contribution in [-0.4, -0.2) is 18.5 Å². The van der Waals surface area contributed by atoms with Gasteiger partial charge in [-0.1, -0.05) is 18.6 Å². The molecule has 1 aliphatic heterocycles. The van der Waals surface area contributed by atoms with Crippen LogP contribution in [0.3, 0.4) is 0 Å². The molecule has 0 saturated carbocycles. The van der Waals surface area contributed by atoms with Gasteiger partial charge in [-0.05, 0) is 49.2 Å². The first-order chi connectivity index (χ1) is 12.1. The van der Waals surface area contributed by atoms with Crippen molar-refractivity contribution >= 4 is 11.6 Å². The maximum absolute atomic E-state index is 14.2. The zero-order valence-corrected chi connectivity index (χ0v) is 13.7. The smallest absolute Gasteiger partial charge is 0.241 e. The van der Waals surface area contributed by atoms with Crippen LogP contribution >= 0.6 is 0 Å². The number of anilines is 1. The maximum Gasteiger partial charge on any atom is 0.241 e. The highest BCUT2D eigenvalue weighted by molar-refractivity contribution is 5.94. The highest BCUT2D eigenvalue weighted by Gasteiger charge is 2.20. The van der Waals surface area contributed by atoms with Crippen molar-refractivity contribution in [3.8, 4) is 5.75 Å². The Morgan fingerprint density at radius 1 is 1.20 bits per heavy atom. The number of amides is 1. The summed E-state index contributed by atoms with van der Waals surface area (Å²) in [6, 6.07) is 9.98. The number of halogens is 2. The predicted octanol–water partition coefficient (Wildman–Crippen LogP) is 3.62. The van der Waals surface area contributed by atoms with Gasteiger partial charge in [0.1, 0.15) is 12.4 Å². The van der Waals surface area contributed by atoms with Crippen molar-refractivity contribution in [2.45, 2.75) is 31.9 Å². The molecule has 0 aliphatic carbocycles. The highest BCUT2D eigenvalue weighted by Crippen LogP contribution is 2.23. The van der Waals surface area contributed by atoms with Crippen molar-refractivity contribution in [3.63, 3.8) is 0 Å². The van der Waals surface area contributed by atoms with Gasteiger partial charge in [0.2, 0.25) is 5.91 Å². The summed E-state index contributed by atoms with van der Waals surface area (Å²) < 4.78 is 32.7. The second-order valence-electron chi connectivity index (χ2n) is 6.06. The van der Waals surface area contributed by atoms with Gasteiger partial charge < -0.3 is 15.4 Å². The number of piperidine rings is 1. The number of ether oxygens (including phenoxy) is 1. The molecule has 1 saturated heterocycles. The number of rotatable bonds is 5. The molecule has 2 aromatic carbocycles. The third kappa shape index (κ3) is 4.76. The lowest BCUT2D eigenvalue weighted by Crippen LogP contribution is -2.43. The Labute approximate surface area is 145 Å². The van der Waals surface area contributed by atoms with Crippen molar-refractivity contribution in [1.29, 1.82) is 0 Å². The molecule has 1 fully saturated rings. The fraction of sp³-hybridized carbons (Fsp3) is 0.316. The second-order valence-corrected chi connectivity index (χ2v) is 6.06. The summed E-state index contributed by atoms with van der Waals surface area (Å²) in [5, 5.41) is 5.86. The molecule has 2 N–H and O–H groups in total. The van der Waals surface area contributed by atoms with Crippen LogP contribution < -0.4 is 15.4 Å². The first-order valence-electron chi connectivity index (χ1n) is 8.33. The molecule has 0 spiro atoms. The number of hydrogen-bond acceptors (Lipinski definition) is 3. The molecule has 1 aliphatic rings. The van der Waals surface area contributed by atoms with E-state index in [0.717, 1.165) is 25.8 Å². The van der Waals surface area contributed by atoms with Crippen molar-refractivity contribution in [3.05, 3.63) is 59.7 Å². The van der Waals surface area contributed by atoms with Crippen LogP contribution in [0.4, 0.5) is 14.5 Å². The first-order valence-corrected chi connectivity index (χ1v) is 8.33. The lowest BCUT2D eigenvalue weighted by molar-refractivity contribution is -0.118. The van der Waals surface area contributed by atoms with Crippen molar-refractivity contribution < 1.29 is 18.3 Å². The Kier molecular flexibility index (Phi) is 5.60. The van der Waals surface area contributed by atoms with Crippen LogP contribution in [0.1, 0.15) is 24.8 Å². The van der Waals surface area contributed by atoms with E-state index >= 15 is 0 Å². The standard InChI is InChI=1S/C19H20F2N2O2/c20-14-5-3-4-13(10-14)12-25-18-8-7-15(11-16(18)21)23-19(24)17-6-1-2-9-22-17/h3-5,7-8,10-11,17,22H,1-2,6,9,12H2,(H,23,24). The molecule has 0 radical (unpaired) electrons. The number of hydrogen-bond donors (Lipinski definition) is 2. The zero-order chi connectivity index (χ0) is 17.6. The van der Waals surface area contributed by atoms with Gasteiger partial charge in [0.15, 0.2) is 11.6 Å². The van der Waals surface area contributed by atoms with Crippen LogP contribution in [0.25, 0.3) is 0 Å². The van der Waals surface area contributed by atoms with Crippen LogP contribution in [0.5, 0.6) is 5.75 Å². The Bertz CT molecular complexity index is 746. The van der Waals surface area contributed by atoms with E-state index in [1.54, 1.807) is 18.2 Å². The summed E-state index contributed by atoms with van der Waals surface area (Å²) in [7, 11) is 0. The topological polar surface area (TPSA) is 50.4 Å². The fourth-order valence-electron chi connectivity index (χ4n) is 2.79. The average Bonchev–Trinajstić information content (AvgIpc) is 2.62. The molecule has 2 aromatic rings. The SMILES string of the molecule is O=C(Nc1ccc(OCc2cccc(F)c2)c(F)c1)C1CCCCN1. The Balaban J connectivity index is 1.59. The van der Waals surface area contributed by atoms with E-state index in [9.17, 15) is 13.6 Å². The quantitative estimate of drug-likeness (QED) is 0.869. The van der Waals surface area contributed by atoms with E-state index in [1.165, 1.54) is 24.3 Å². The number of carbonyl (C=O) groups excluding carboxylic acids is 1. The molecule has 0 aromatic heterocycles. The molecule has 6 heteroatoms. The number of benzene rings is 2. The number of nitrogens with one attached hydrogen (secondary N) is 2. The molecular formula is C19H20F2N2O2. The Morgan fingerprint density at radius 3 is 2.80 bits per heavy atom. The molecule has 1 heterocycles. The largest absolute Gasteiger partial charge is 0.486 e. The molecule has 3 rings (SSSR count). The molecule has 1 atom stereocenters. The van der Waals surface area contributed by atoms with Gasteiger partial charge in [-0.15, -0.1) is 0 Å². The first kappa shape index (κ1) is 17.4. The van der Waals surface area contributed by atoms with E-state index in [2.05, 4.69) is 10.6 Å². The summed E-state index contributed by atoms with van der Waals surface area (Å²) in [6.45, 7) is 0.881. The monoisotopic (exact) mass is 346 g/mol. The molecule has 0 bridgehead atoms. The minimum Gasteiger partial charge on any atom is -0.486 e. The van der Waals surface area contributed by atoms with Crippen LogP contribution in [-0.2, 0) is 11.4 Å². The van der Waals surface area contributed by atoms with E-state index in [-0.39, 0.29) is 30.1 Å². The molecule has 1 unspecified atom stereocenters. The van der Waals surface area contributed by atoms with Gasteiger partial charge in [0.25, 0.3) is 0 Å². The Hall–Kier alpha value is -2.47. The van der Waals surface area contributed by atoms with Crippen LogP contribution in [0.15, 0.2) is 42.5 Å². The van der Waals surface area contributed by atoms with Gasteiger partial charge in [0.05, 0.1) is 6.04 Å². The van der Waals surface area contributed by atoms with Crippen LogP contribution in [0, 0.1) is 11.6 Å². The molecular weight excluding hydrogens is 326 g/mol. The number of carbonyl (C=O) groups is 1. The summed E-state index contributed by atoms with van der Waals surface area (Å²) in [5.41, 5.74) is 0.994. The summed E-state index contributed by atoms with van der Waals surface area (Å²) >= 11 is 0. The molecule has 132 valence electrons. The van der Waals surface area contributed by atoms with Crippen molar-refractivity contribution in [2.24, 2.45) is 0 Å². The highest BCUT2D eigenvalue weighted by atomic mass is 19.1. The molecule has 4 nitrogen and oxygen atoms in total. The summed E-state index contributed by atoms with van der Waals surface area (Å²) in [4.78, 5) is 12.1. The normalized spacial score (nSPS) is 17.1. The van der Waals surface area contributed by atoms with Crippen molar-refractivity contribution in [2.75, 3.05) is 11.9 Å². The molecule has 25 heavy (non-hydrogen) atoms. The minimum absolute atomic E-state index is 0.0538. The van der Waals surface area contributed by atoms with E-state index in [4.69, 9.17) is 4.74 Å². The van der Waals surface area contributed by atoms with Crippen molar-refractivity contribution in [1.82, 2.24) is 5.32 Å². The lowest BCUT2D eigenvalue weighted by atomic mass is 10.0. The average molecular weight is 346 g/mol. The summed E-state index contributed by atoms with van der Waals surface area (Å²) in [5.74, 6) is -1.05.